The van der Waals surface area contributed by atoms with E-state index in [1.807, 2.05) is 25.1 Å². The molecular formula is C33H37N5O3. The molecule has 1 saturated heterocycles. The highest BCUT2D eigenvalue weighted by atomic mass is 16.5. The van der Waals surface area contributed by atoms with Crippen molar-refractivity contribution in [1.29, 1.82) is 0 Å². The molecule has 3 heterocycles. The zero-order chi connectivity index (χ0) is 29.3. The van der Waals surface area contributed by atoms with E-state index >= 15 is 0 Å². The Morgan fingerprint density at radius 2 is 1.78 bits per heavy atom. The molecule has 41 heavy (non-hydrogen) atoms. The molecule has 0 N–H and O–H groups in total. The fraction of sp³-hybridized carbons (Fsp3) is 0.333. The summed E-state index contributed by atoms with van der Waals surface area (Å²) in [4.78, 5) is 40.5. The van der Waals surface area contributed by atoms with Crippen molar-refractivity contribution in [3.05, 3.63) is 83.2 Å². The number of aliphatic imine (C=N–C) groups is 1. The van der Waals surface area contributed by atoms with Crippen molar-refractivity contribution in [2.45, 2.75) is 40.2 Å². The van der Waals surface area contributed by atoms with Gasteiger partial charge in [0.2, 0.25) is 12.3 Å². The van der Waals surface area contributed by atoms with Gasteiger partial charge in [-0.3, -0.25) is 24.5 Å². The molecule has 2 amide bonds. The summed E-state index contributed by atoms with van der Waals surface area (Å²) < 4.78 is 6.53. The molecule has 2 aliphatic rings. The fourth-order valence-corrected chi connectivity index (χ4v) is 5.93. The number of hydrogen-bond acceptors (Lipinski definition) is 5. The Hall–Kier alpha value is -4.46. The van der Waals surface area contributed by atoms with Crippen LogP contribution in [0, 0.1) is 13.8 Å². The van der Waals surface area contributed by atoms with Gasteiger partial charge < -0.3 is 14.5 Å². The van der Waals surface area contributed by atoms with E-state index in [2.05, 4.69) is 55.4 Å². The van der Waals surface area contributed by atoms with Crippen LogP contribution in [0.25, 0.3) is 11.1 Å². The second-order valence-corrected chi connectivity index (χ2v) is 10.8. The van der Waals surface area contributed by atoms with E-state index in [0.29, 0.717) is 44.2 Å². The highest BCUT2D eigenvalue weighted by Gasteiger charge is 2.33. The number of hydrogen-bond donors (Lipinski definition) is 0. The highest BCUT2D eigenvalue weighted by molar-refractivity contribution is 6.11. The molecule has 0 aliphatic carbocycles. The van der Waals surface area contributed by atoms with Crippen molar-refractivity contribution in [3.8, 4) is 16.9 Å². The van der Waals surface area contributed by atoms with Gasteiger partial charge in [0.15, 0.2) is 5.75 Å². The van der Waals surface area contributed by atoms with Gasteiger partial charge in [-0.1, -0.05) is 44.7 Å². The summed E-state index contributed by atoms with van der Waals surface area (Å²) in [5.74, 6) is 1.43. The Balaban J connectivity index is 1.74. The zero-order valence-corrected chi connectivity index (χ0v) is 24.5. The molecule has 0 bridgehead atoms. The van der Waals surface area contributed by atoms with Gasteiger partial charge >= 0.3 is 0 Å². The van der Waals surface area contributed by atoms with Gasteiger partial charge in [-0.05, 0) is 60.2 Å². The number of piperazine rings is 1. The molecule has 0 spiro atoms. The van der Waals surface area contributed by atoms with E-state index in [0.717, 1.165) is 57.0 Å². The molecular weight excluding hydrogens is 514 g/mol. The average Bonchev–Trinajstić information content (AvgIpc) is 2.99. The van der Waals surface area contributed by atoms with Crippen molar-refractivity contribution in [2.75, 3.05) is 38.1 Å². The van der Waals surface area contributed by atoms with E-state index in [4.69, 9.17) is 9.73 Å². The van der Waals surface area contributed by atoms with Gasteiger partial charge in [0.25, 0.3) is 0 Å². The lowest BCUT2D eigenvalue weighted by Crippen LogP contribution is -2.50. The zero-order valence-electron chi connectivity index (χ0n) is 24.5. The lowest BCUT2D eigenvalue weighted by molar-refractivity contribution is -0.127. The quantitative estimate of drug-likeness (QED) is 0.178. The SMILES string of the molecule is C=CC(=O)N1CCN(C(=NC)c2cc(C)c3c(c2N(C=O)c2c(C)ccnc2C(C)C)OCc2ccccc2-3)CC1. The summed E-state index contributed by atoms with van der Waals surface area (Å²) in [6.07, 6.45) is 4.01. The minimum Gasteiger partial charge on any atom is -0.486 e. The summed E-state index contributed by atoms with van der Waals surface area (Å²) in [6.45, 7) is 14.6. The Morgan fingerprint density at radius 3 is 2.44 bits per heavy atom. The van der Waals surface area contributed by atoms with Gasteiger partial charge in [-0.25, -0.2) is 0 Å². The fourth-order valence-electron chi connectivity index (χ4n) is 5.93. The summed E-state index contributed by atoms with van der Waals surface area (Å²) in [5.41, 5.74) is 8.20. The number of nitrogens with zero attached hydrogens (tertiary/aromatic N) is 5. The maximum absolute atomic E-state index is 13.2. The van der Waals surface area contributed by atoms with Crippen molar-refractivity contribution in [1.82, 2.24) is 14.8 Å². The number of rotatable bonds is 6. The van der Waals surface area contributed by atoms with Crippen LogP contribution in [0.1, 0.15) is 47.7 Å². The molecule has 0 saturated carbocycles. The highest BCUT2D eigenvalue weighted by Crippen LogP contribution is 2.50. The third-order valence-electron chi connectivity index (χ3n) is 7.92. The van der Waals surface area contributed by atoms with Crippen LogP contribution >= 0.6 is 0 Å². The summed E-state index contributed by atoms with van der Waals surface area (Å²) in [7, 11) is 1.77. The largest absolute Gasteiger partial charge is 0.486 e. The number of amidine groups is 1. The smallest absolute Gasteiger partial charge is 0.246 e. The van der Waals surface area contributed by atoms with Crippen LogP contribution in [0.3, 0.4) is 0 Å². The first-order valence-corrected chi connectivity index (χ1v) is 14.0. The number of pyridine rings is 1. The number of amides is 2. The monoisotopic (exact) mass is 551 g/mol. The standard InChI is InChI=1S/C33H37N5O3/c1-7-27(40)36-14-16-37(17-15-36)33(34-6)26-18-23(5)28-25-11-9-8-10-24(25)19-41-32(28)31(26)38(20-39)30-22(4)12-13-35-29(30)21(2)3/h7-13,18,20-21H,1,14-17,19H2,2-6H3. The van der Waals surface area contributed by atoms with Crippen molar-refractivity contribution in [3.63, 3.8) is 0 Å². The lowest BCUT2D eigenvalue weighted by Gasteiger charge is -2.38. The van der Waals surface area contributed by atoms with Crippen LogP contribution in [-0.4, -0.2) is 66.2 Å². The van der Waals surface area contributed by atoms with E-state index in [1.54, 1.807) is 23.0 Å². The summed E-state index contributed by atoms with van der Waals surface area (Å²) >= 11 is 0. The Morgan fingerprint density at radius 1 is 1.07 bits per heavy atom. The number of ether oxygens (including phenoxy) is 1. The minimum absolute atomic E-state index is 0.0718. The third-order valence-corrected chi connectivity index (χ3v) is 7.92. The molecule has 5 rings (SSSR count). The normalized spacial score (nSPS) is 14.7. The third kappa shape index (κ3) is 4.99. The van der Waals surface area contributed by atoms with Crippen LogP contribution in [0.5, 0.6) is 5.75 Å². The maximum Gasteiger partial charge on any atom is 0.246 e. The molecule has 212 valence electrons. The number of carbonyl (C=O) groups is 2. The van der Waals surface area contributed by atoms with Crippen molar-refractivity contribution < 1.29 is 14.3 Å². The van der Waals surface area contributed by atoms with Crippen LogP contribution in [0.15, 0.2) is 60.2 Å². The topological polar surface area (TPSA) is 78.3 Å². The first-order chi connectivity index (χ1) is 19.8. The maximum atomic E-state index is 13.2. The molecule has 8 heteroatoms. The van der Waals surface area contributed by atoms with Gasteiger partial charge in [0.1, 0.15) is 18.1 Å². The Labute approximate surface area is 242 Å². The van der Waals surface area contributed by atoms with E-state index in [1.165, 1.54) is 6.08 Å². The molecule has 0 unspecified atom stereocenters. The van der Waals surface area contributed by atoms with Gasteiger partial charge in [-0.15, -0.1) is 0 Å². The molecule has 0 atom stereocenters. The number of aromatic nitrogens is 1. The van der Waals surface area contributed by atoms with E-state index in [-0.39, 0.29) is 11.8 Å². The Kier molecular flexibility index (Phi) is 7.92. The van der Waals surface area contributed by atoms with Crippen LogP contribution in [0.2, 0.25) is 0 Å². The molecule has 2 aromatic carbocycles. The minimum atomic E-state index is -0.0718. The van der Waals surface area contributed by atoms with E-state index in [9.17, 15) is 9.59 Å². The first-order valence-electron chi connectivity index (χ1n) is 14.0. The first kappa shape index (κ1) is 28.1. The van der Waals surface area contributed by atoms with Gasteiger partial charge in [-0.2, -0.15) is 0 Å². The predicted octanol–water partition coefficient (Wildman–Crippen LogP) is 5.38. The molecule has 0 radical (unpaired) electrons. The molecule has 3 aromatic rings. The second kappa shape index (κ2) is 11.6. The number of anilines is 2. The molecule has 1 aromatic heterocycles. The van der Waals surface area contributed by atoms with Crippen LogP contribution < -0.4 is 9.64 Å². The number of fused-ring (bicyclic) bond motifs is 3. The molecule has 8 nitrogen and oxygen atoms in total. The average molecular weight is 552 g/mol. The molecule has 2 aliphatic heterocycles. The summed E-state index contributed by atoms with van der Waals surface area (Å²) in [5, 5.41) is 0. The van der Waals surface area contributed by atoms with Gasteiger partial charge in [0.05, 0.1) is 11.4 Å². The predicted molar refractivity (Wildman–Crippen MR) is 163 cm³/mol. The van der Waals surface area contributed by atoms with Gasteiger partial charge in [0, 0.05) is 50.6 Å². The second-order valence-electron chi connectivity index (χ2n) is 10.8. The lowest BCUT2D eigenvalue weighted by atomic mass is 9.89. The number of aryl methyl sites for hydroxylation is 2. The van der Waals surface area contributed by atoms with Crippen LogP contribution in [-0.2, 0) is 16.2 Å². The van der Waals surface area contributed by atoms with Crippen LogP contribution in [0.4, 0.5) is 11.4 Å². The number of benzene rings is 2. The number of carbonyl (C=O) groups excluding carboxylic acids is 2. The van der Waals surface area contributed by atoms with E-state index < -0.39 is 0 Å². The Bertz CT molecular complexity index is 1540. The molecule has 1 fully saturated rings. The van der Waals surface area contributed by atoms with Crippen molar-refractivity contribution >= 4 is 29.5 Å². The summed E-state index contributed by atoms with van der Waals surface area (Å²) in [6, 6.07) is 12.3. The van der Waals surface area contributed by atoms with Crippen molar-refractivity contribution in [2.24, 2.45) is 4.99 Å².